The number of rotatable bonds is 12. The Balaban J connectivity index is 1.60. The Labute approximate surface area is 228 Å². The van der Waals surface area contributed by atoms with Crippen molar-refractivity contribution in [1.82, 2.24) is 10.3 Å². The Morgan fingerprint density at radius 3 is 2.46 bits per heavy atom. The van der Waals surface area contributed by atoms with E-state index in [2.05, 4.69) is 34.6 Å². The highest BCUT2D eigenvalue weighted by Gasteiger charge is 2.15. The van der Waals surface area contributed by atoms with Crippen LogP contribution in [-0.2, 0) is 5.75 Å². The maximum Gasteiger partial charge on any atom is 0.273 e. The van der Waals surface area contributed by atoms with Crippen molar-refractivity contribution in [2.24, 2.45) is 5.10 Å². The molecule has 0 heterocycles. The van der Waals surface area contributed by atoms with Gasteiger partial charge in [-0.05, 0) is 61.5 Å². The molecule has 0 aliphatic carbocycles. The Morgan fingerprint density at radius 2 is 1.76 bits per heavy atom. The standard InChI is InChI=1S/C29H33ClN4O2S/c1-4-34(5-2)15-16-37-20-22-9-11-24(12-10-22)28(35)32-27-14-13-25(30)18-26(27)29(36)33-31-19-23-8-6-7-21(3)17-23/h6-14,17-19H,4-5,15-16,20H2,1-3H3,(H,32,35)(H,33,36). The molecule has 0 radical (unpaired) electrons. The Morgan fingerprint density at radius 1 is 1.00 bits per heavy atom. The minimum atomic E-state index is -0.473. The van der Waals surface area contributed by atoms with E-state index in [0.717, 1.165) is 42.3 Å². The van der Waals surface area contributed by atoms with E-state index >= 15 is 0 Å². The highest BCUT2D eigenvalue weighted by molar-refractivity contribution is 7.98. The molecule has 0 aromatic heterocycles. The molecule has 3 aromatic carbocycles. The number of hydrazone groups is 1. The van der Waals surface area contributed by atoms with Gasteiger partial charge in [-0.15, -0.1) is 0 Å². The van der Waals surface area contributed by atoms with Gasteiger partial charge in [0.25, 0.3) is 11.8 Å². The molecule has 0 fully saturated rings. The van der Waals surface area contributed by atoms with Gasteiger partial charge in [0, 0.05) is 28.6 Å². The number of carbonyl (C=O) groups excluding carboxylic acids is 2. The van der Waals surface area contributed by atoms with Crippen LogP contribution in [0.4, 0.5) is 5.69 Å². The fourth-order valence-corrected chi connectivity index (χ4v) is 4.79. The van der Waals surface area contributed by atoms with E-state index in [1.54, 1.807) is 30.5 Å². The molecule has 0 bridgehead atoms. The summed E-state index contributed by atoms with van der Waals surface area (Å²) in [6, 6.07) is 20.0. The third-order valence-electron chi connectivity index (χ3n) is 5.83. The predicted molar refractivity (Wildman–Crippen MR) is 156 cm³/mol. The molecule has 8 heteroatoms. The number of nitrogens with zero attached hydrogens (tertiary/aromatic N) is 2. The molecule has 0 aliphatic heterocycles. The zero-order valence-corrected chi connectivity index (χ0v) is 23.0. The van der Waals surface area contributed by atoms with Gasteiger partial charge in [0.15, 0.2) is 0 Å². The molecule has 0 saturated heterocycles. The molecule has 3 aromatic rings. The van der Waals surface area contributed by atoms with Gasteiger partial charge in [0.05, 0.1) is 17.5 Å². The number of aryl methyl sites for hydroxylation is 1. The monoisotopic (exact) mass is 536 g/mol. The number of hydrogen-bond acceptors (Lipinski definition) is 5. The van der Waals surface area contributed by atoms with Crippen molar-refractivity contribution in [3.05, 3.63) is 99.6 Å². The molecule has 0 unspecified atom stereocenters. The van der Waals surface area contributed by atoms with Crippen LogP contribution in [0.3, 0.4) is 0 Å². The van der Waals surface area contributed by atoms with Crippen LogP contribution in [0.15, 0.2) is 71.8 Å². The van der Waals surface area contributed by atoms with Crippen molar-refractivity contribution < 1.29 is 9.59 Å². The van der Waals surface area contributed by atoms with E-state index in [9.17, 15) is 9.59 Å². The molecule has 6 nitrogen and oxygen atoms in total. The highest BCUT2D eigenvalue weighted by atomic mass is 35.5. The smallest absolute Gasteiger partial charge is 0.273 e. The first kappa shape index (κ1) is 28.4. The molecule has 2 N–H and O–H groups in total. The van der Waals surface area contributed by atoms with Crippen molar-refractivity contribution in [1.29, 1.82) is 0 Å². The summed E-state index contributed by atoms with van der Waals surface area (Å²) in [6.45, 7) is 9.55. The first-order chi connectivity index (χ1) is 17.9. The summed E-state index contributed by atoms with van der Waals surface area (Å²) in [7, 11) is 0. The summed E-state index contributed by atoms with van der Waals surface area (Å²) < 4.78 is 0. The van der Waals surface area contributed by atoms with Gasteiger partial charge in [-0.25, -0.2) is 5.43 Å². The van der Waals surface area contributed by atoms with Crippen LogP contribution in [0, 0.1) is 6.92 Å². The van der Waals surface area contributed by atoms with Crippen LogP contribution in [0.2, 0.25) is 5.02 Å². The normalized spacial score (nSPS) is 11.2. The lowest BCUT2D eigenvalue weighted by Gasteiger charge is -2.17. The first-order valence-electron chi connectivity index (χ1n) is 12.3. The third kappa shape index (κ3) is 9.04. The Kier molecular flexibility index (Phi) is 11.2. The average molecular weight is 537 g/mol. The van der Waals surface area contributed by atoms with Crippen LogP contribution in [0.25, 0.3) is 0 Å². The SMILES string of the molecule is CCN(CC)CCSCc1ccc(C(=O)Nc2ccc(Cl)cc2C(=O)NN=Cc2cccc(C)c2)cc1. The molecule has 0 atom stereocenters. The van der Waals surface area contributed by atoms with E-state index in [-0.39, 0.29) is 11.5 Å². The third-order valence-corrected chi connectivity index (χ3v) is 7.07. The summed E-state index contributed by atoms with van der Waals surface area (Å²) in [5.74, 6) is 1.19. The molecule has 0 spiro atoms. The molecule has 194 valence electrons. The first-order valence-corrected chi connectivity index (χ1v) is 13.8. The molecular weight excluding hydrogens is 504 g/mol. The Bertz CT molecular complexity index is 1230. The van der Waals surface area contributed by atoms with E-state index in [4.69, 9.17) is 11.6 Å². The summed E-state index contributed by atoms with van der Waals surface area (Å²) in [5, 5.41) is 7.25. The second kappa shape index (κ2) is 14.6. The van der Waals surface area contributed by atoms with Crippen LogP contribution >= 0.6 is 23.4 Å². The minimum absolute atomic E-state index is 0.225. The van der Waals surface area contributed by atoms with Gasteiger partial charge < -0.3 is 10.2 Å². The maximum absolute atomic E-state index is 12.9. The number of halogens is 1. The van der Waals surface area contributed by atoms with Crippen LogP contribution in [0.5, 0.6) is 0 Å². The number of nitrogens with one attached hydrogen (secondary N) is 2. The van der Waals surface area contributed by atoms with E-state index < -0.39 is 5.91 Å². The summed E-state index contributed by atoms with van der Waals surface area (Å²) >= 11 is 8.01. The number of carbonyl (C=O) groups is 2. The van der Waals surface area contributed by atoms with Gasteiger partial charge in [-0.3, -0.25) is 9.59 Å². The van der Waals surface area contributed by atoms with E-state index in [1.807, 2.05) is 55.1 Å². The highest BCUT2D eigenvalue weighted by Crippen LogP contribution is 2.22. The lowest BCUT2D eigenvalue weighted by molar-refractivity contribution is 0.0956. The van der Waals surface area contributed by atoms with Crippen molar-refractivity contribution in [2.45, 2.75) is 26.5 Å². The second-order valence-corrected chi connectivity index (χ2v) is 10.1. The van der Waals surface area contributed by atoms with Gasteiger partial charge in [0.2, 0.25) is 0 Å². The topological polar surface area (TPSA) is 73.8 Å². The molecule has 37 heavy (non-hydrogen) atoms. The van der Waals surface area contributed by atoms with Gasteiger partial charge >= 0.3 is 0 Å². The van der Waals surface area contributed by atoms with Crippen molar-refractivity contribution in [3.8, 4) is 0 Å². The van der Waals surface area contributed by atoms with Crippen LogP contribution in [0.1, 0.15) is 51.3 Å². The number of anilines is 1. The van der Waals surface area contributed by atoms with E-state index in [1.165, 1.54) is 11.6 Å². The molecule has 0 saturated carbocycles. The number of benzene rings is 3. The lowest BCUT2D eigenvalue weighted by Crippen LogP contribution is -2.25. The fourth-order valence-electron chi connectivity index (χ4n) is 3.66. The largest absolute Gasteiger partial charge is 0.321 e. The second-order valence-electron chi connectivity index (χ2n) is 8.53. The van der Waals surface area contributed by atoms with Crippen LogP contribution < -0.4 is 10.7 Å². The fraction of sp³-hybridized carbons (Fsp3) is 0.276. The summed E-state index contributed by atoms with van der Waals surface area (Å²) in [5.41, 5.74) is 6.73. The maximum atomic E-state index is 12.9. The molecule has 2 amide bonds. The average Bonchev–Trinajstić information content (AvgIpc) is 2.90. The minimum Gasteiger partial charge on any atom is -0.321 e. The number of amides is 2. The van der Waals surface area contributed by atoms with Crippen molar-refractivity contribution in [3.63, 3.8) is 0 Å². The summed E-state index contributed by atoms with van der Waals surface area (Å²) in [6.07, 6.45) is 1.57. The number of hydrogen-bond donors (Lipinski definition) is 2. The van der Waals surface area contributed by atoms with Gasteiger partial charge in [0.1, 0.15) is 0 Å². The van der Waals surface area contributed by atoms with E-state index in [0.29, 0.717) is 16.3 Å². The zero-order chi connectivity index (χ0) is 26.6. The van der Waals surface area contributed by atoms with Gasteiger partial charge in [-0.1, -0.05) is 67.4 Å². The van der Waals surface area contributed by atoms with Gasteiger partial charge in [-0.2, -0.15) is 16.9 Å². The van der Waals surface area contributed by atoms with Crippen molar-refractivity contribution in [2.75, 3.05) is 30.7 Å². The quantitative estimate of drug-likeness (QED) is 0.163. The molecule has 0 aliphatic rings. The molecular formula is C29H33ClN4O2S. The van der Waals surface area contributed by atoms with Crippen molar-refractivity contribution >= 4 is 47.1 Å². The summed E-state index contributed by atoms with van der Waals surface area (Å²) in [4.78, 5) is 28.1. The van der Waals surface area contributed by atoms with Crippen LogP contribution in [-0.4, -0.2) is 48.3 Å². The molecule has 3 rings (SSSR count). The predicted octanol–water partition coefficient (Wildman–Crippen LogP) is 6.24. The lowest BCUT2D eigenvalue weighted by atomic mass is 10.1. The zero-order valence-electron chi connectivity index (χ0n) is 21.5. The Hall–Kier alpha value is -3.13. The number of thioether (sulfide) groups is 1.